The molecule has 0 bridgehead atoms. The predicted molar refractivity (Wildman–Crippen MR) is 109 cm³/mol. The van der Waals surface area contributed by atoms with Gasteiger partial charge in [0.25, 0.3) is 5.91 Å². The van der Waals surface area contributed by atoms with Crippen LogP contribution < -0.4 is 21.7 Å². The van der Waals surface area contributed by atoms with Crippen LogP contribution in [0, 0.1) is 0 Å². The van der Waals surface area contributed by atoms with E-state index in [1.165, 1.54) is 0 Å². The van der Waals surface area contributed by atoms with E-state index < -0.39 is 17.9 Å². The minimum Gasteiger partial charge on any atom is -0.378 e. The van der Waals surface area contributed by atoms with Gasteiger partial charge in [-0.3, -0.25) is 24.5 Å². The third-order valence-corrected chi connectivity index (χ3v) is 4.46. The van der Waals surface area contributed by atoms with Crippen LogP contribution in [0.15, 0.2) is 18.2 Å². The summed E-state index contributed by atoms with van der Waals surface area (Å²) in [4.78, 5) is 48.0. The molecule has 0 aliphatic carbocycles. The van der Waals surface area contributed by atoms with Crippen LogP contribution in [0.1, 0.15) is 35.7 Å². The first-order chi connectivity index (χ1) is 14.5. The summed E-state index contributed by atoms with van der Waals surface area (Å²) in [5, 5.41) is 7.61. The lowest BCUT2D eigenvalue weighted by Crippen LogP contribution is -2.52. The normalized spacial score (nSPS) is 16.1. The van der Waals surface area contributed by atoms with Crippen molar-refractivity contribution in [3.63, 3.8) is 0 Å². The first-order valence-corrected chi connectivity index (χ1v) is 9.88. The average molecular weight is 420 g/mol. The van der Waals surface area contributed by atoms with Crippen molar-refractivity contribution in [1.82, 2.24) is 10.6 Å². The van der Waals surface area contributed by atoms with Gasteiger partial charge in [-0.1, -0.05) is 13.0 Å². The van der Waals surface area contributed by atoms with E-state index in [0.29, 0.717) is 43.0 Å². The molecule has 0 spiro atoms. The van der Waals surface area contributed by atoms with E-state index in [9.17, 15) is 19.2 Å². The number of piperidine rings is 1. The van der Waals surface area contributed by atoms with Crippen LogP contribution in [-0.4, -0.2) is 62.6 Å². The maximum absolute atomic E-state index is 12.7. The largest absolute Gasteiger partial charge is 0.378 e. The number of nitrogens with one attached hydrogen (secondary N) is 3. The van der Waals surface area contributed by atoms with Crippen molar-refractivity contribution in [3.8, 4) is 0 Å². The monoisotopic (exact) mass is 420 g/mol. The van der Waals surface area contributed by atoms with E-state index in [1.54, 1.807) is 18.2 Å². The van der Waals surface area contributed by atoms with Gasteiger partial charge in [0.05, 0.1) is 19.8 Å². The predicted octanol–water partition coefficient (Wildman–Crippen LogP) is -0.286. The summed E-state index contributed by atoms with van der Waals surface area (Å²) in [5.41, 5.74) is 6.81. The molecule has 0 aromatic heterocycles. The molecule has 0 radical (unpaired) electrons. The fraction of sp³-hybridized carbons (Fsp3) is 0.500. The van der Waals surface area contributed by atoms with Gasteiger partial charge in [0.2, 0.25) is 17.7 Å². The Morgan fingerprint density at radius 1 is 1.20 bits per heavy atom. The van der Waals surface area contributed by atoms with Crippen molar-refractivity contribution in [3.05, 3.63) is 29.3 Å². The summed E-state index contributed by atoms with van der Waals surface area (Å²) in [5.74, 6) is -1.66. The van der Waals surface area contributed by atoms with Crippen LogP contribution >= 0.6 is 0 Å². The van der Waals surface area contributed by atoms with Crippen LogP contribution in [-0.2, 0) is 30.3 Å². The van der Waals surface area contributed by atoms with Crippen molar-refractivity contribution in [2.24, 2.45) is 5.73 Å². The van der Waals surface area contributed by atoms with Crippen LogP contribution in [0.4, 0.5) is 5.69 Å². The van der Waals surface area contributed by atoms with Gasteiger partial charge < -0.3 is 25.8 Å². The van der Waals surface area contributed by atoms with E-state index in [1.807, 2.05) is 6.92 Å². The summed E-state index contributed by atoms with van der Waals surface area (Å²) >= 11 is 0. The number of nitrogens with two attached hydrogens (primary N) is 1. The minimum atomic E-state index is -0.770. The Balaban J connectivity index is 1.96. The Bertz CT molecular complexity index is 783. The zero-order chi connectivity index (χ0) is 21.9. The lowest BCUT2D eigenvalue weighted by atomic mass is 10.0. The number of carbonyl (C=O) groups excluding carboxylic acids is 4. The van der Waals surface area contributed by atoms with Crippen LogP contribution in [0.2, 0.25) is 0 Å². The SMILES string of the molecule is CCc1c(NC(=O)COCCOCCN)cccc1C(=O)NC1CCC(=O)NC1=O. The molecule has 1 unspecified atom stereocenters. The quantitative estimate of drug-likeness (QED) is 0.284. The van der Waals surface area contributed by atoms with Crippen molar-refractivity contribution in [1.29, 1.82) is 0 Å². The van der Waals surface area contributed by atoms with Gasteiger partial charge in [0, 0.05) is 24.2 Å². The molecule has 1 fully saturated rings. The van der Waals surface area contributed by atoms with E-state index in [-0.39, 0.29) is 37.9 Å². The highest BCUT2D eigenvalue weighted by molar-refractivity contribution is 6.05. The second-order valence-electron chi connectivity index (χ2n) is 6.66. The van der Waals surface area contributed by atoms with Gasteiger partial charge in [-0.05, 0) is 30.5 Å². The number of carbonyl (C=O) groups is 4. The molecule has 1 atom stereocenters. The number of ether oxygens (including phenoxy) is 2. The molecule has 1 aliphatic heterocycles. The smallest absolute Gasteiger partial charge is 0.252 e. The molecule has 1 aromatic carbocycles. The number of hydrogen-bond donors (Lipinski definition) is 4. The van der Waals surface area contributed by atoms with Crippen molar-refractivity contribution in [2.75, 3.05) is 38.3 Å². The van der Waals surface area contributed by atoms with E-state index >= 15 is 0 Å². The molecule has 10 heteroatoms. The Kier molecular flexibility index (Phi) is 9.39. The first kappa shape index (κ1) is 23.5. The second kappa shape index (κ2) is 12.0. The highest BCUT2D eigenvalue weighted by atomic mass is 16.5. The van der Waals surface area contributed by atoms with Crippen LogP contribution in [0.3, 0.4) is 0 Å². The summed E-state index contributed by atoms with van der Waals surface area (Å²) < 4.78 is 10.4. The molecule has 0 saturated carbocycles. The average Bonchev–Trinajstić information content (AvgIpc) is 2.72. The Morgan fingerprint density at radius 3 is 2.67 bits per heavy atom. The molecular formula is C20H28N4O6. The molecule has 10 nitrogen and oxygen atoms in total. The van der Waals surface area contributed by atoms with Crippen LogP contribution in [0.5, 0.6) is 0 Å². The summed E-state index contributed by atoms with van der Waals surface area (Å²) in [6.45, 7) is 3.18. The number of anilines is 1. The molecule has 1 aliphatic rings. The van der Waals surface area contributed by atoms with Gasteiger partial charge in [-0.25, -0.2) is 0 Å². The van der Waals surface area contributed by atoms with Gasteiger partial charge in [0.15, 0.2) is 0 Å². The lowest BCUT2D eigenvalue weighted by molar-refractivity contribution is -0.134. The Morgan fingerprint density at radius 2 is 1.97 bits per heavy atom. The highest BCUT2D eigenvalue weighted by Crippen LogP contribution is 2.21. The summed E-state index contributed by atoms with van der Waals surface area (Å²) in [7, 11) is 0. The van der Waals surface area contributed by atoms with E-state index in [2.05, 4.69) is 16.0 Å². The van der Waals surface area contributed by atoms with Gasteiger partial charge in [-0.15, -0.1) is 0 Å². The summed E-state index contributed by atoms with van der Waals surface area (Å²) in [6, 6.07) is 4.20. The molecule has 2 rings (SSSR count). The first-order valence-electron chi connectivity index (χ1n) is 9.88. The maximum Gasteiger partial charge on any atom is 0.252 e. The Hall–Kier alpha value is -2.82. The number of imide groups is 1. The maximum atomic E-state index is 12.7. The molecule has 1 heterocycles. The minimum absolute atomic E-state index is 0.151. The van der Waals surface area contributed by atoms with Crippen molar-refractivity contribution in [2.45, 2.75) is 32.2 Å². The zero-order valence-corrected chi connectivity index (χ0v) is 17.0. The van der Waals surface area contributed by atoms with Crippen molar-refractivity contribution < 1.29 is 28.7 Å². The standard InChI is InChI=1S/C20H28N4O6/c1-2-13-14(19(27)23-16-6-7-17(25)24-20(16)28)4-3-5-15(13)22-18(26)12-30-11-10-29-9-8-21/h3-5,16H,2,6-12,21H2,1H3,(H,22,26)(H,23,27)(H,24,25,28). The number of rotatable bonds is 11. The lowest BCUT2D eigenvalue weighted by Gasteiger charge is -2.22. The fourth-order valence-electron chi connectivity index (χ4n) is 3.02. The molecule has 5 N–H and O–H groups in total. The highest BCUT2D eigenvalue weighted by Gasteiger charge is 2.28. The van der Waals surface area contributed by atoms with Gasteiger partial charge in [-0.2, -0.15) is 0 Å². The van der Waals surface area contributed by atoms with Crippen LogP contribution in [0.25, 0.3) is 0 Å². The number of benzene rings is 1. The molecular weight excluding hydrogens is 392 g/mol. The molecule has 30 heavy (non-hydrogen) atoms. The number of amides is 4. The third kappa shape index (κ3) is 6.90. The van der Waals surface area contributed by atoms with E-state index in [4.69, 9.17) is 15.2 Å². The van der Waals surface area contributed by atoms with Crippen molar-refractivity contribution >= 4 is 29.3 Å². The van der Waals surface area contributed by atoms with E-state index in [0.717, 1.165) is 0 Å². The topological polar surface area (TPSA) is 149 Å². The molecule has 164 valence electrons. The molecule has 4 amide bonds. The number of hydrogen-bond acceptors (Lipinski definition) is 7. The summed E-state index contributed by atoms with van der Waals surface area (Å²) in [6.07, 6.45) is 0.910. The third-order valence-electron chi connectivity index (χ3n) is 4.46. The van der Waals surface area contributed by atoms with Gasteiger partial charge in [0.1, 0.15) is 12.6 Å². The fourth-order valence-corrected chi connectivity index (χ4v) is 3.02. The molecule has 1 saturated heterocycles. The Labute approximate surface area is 174 Å². The van der Waals surface area contributed by atoms with Gasteiger partial charge >= 0.3 is 0 Å². The second-order valence-corrected chi connectivity index (χ2v) is 6.66. The molecule has 1 aromatic rings. The zero-order valence-electron chi connectivity index (χ0n) is 17.0.